The van der Waals surface area contributed by atoms with Gasteiger partial charge in [0, 0.05) is 6.04 Å². The van der Waals surface area contributed by atoms with Crippen molar-refractivity contribution in [2.45, 2.75) is 38.6 Å². The van der Waals surface area contributed by atoms with Crippen molar-refractivity contribution in [2.75, 3.05) is 0 Å². The fourth-order valence-electron chi connectivity index (χ4n) is 2.78. The van der Waals surface area contributed by atoms with Gasteiger partial charge in [-0.15, -0.1) is 0 Å². The topological polar surface area (TPSA) is 93.4 Å². The van der Waals surface area contributed by atoms with E-state index in [0.717, 1.165) is 19.3 Å². The number of hydrogen-bond acceptors (Lipinski definition) is 4. The van der Waals surface area contributed by atoms with E-state index in [1.54, 1.807) is 0 Å². The van der Waals surface area contributed by atoms with E-state index in [-0.39, 0.29) is 16.6 Å². The van der Waals surface area contributed by atoms with Crippen molar-refractivity contribution >= 4 is 23.6 Å². The van der Waals surface area contributed by atoms with Crippen molar-refractivity contribution in [1.29, 1.82) is 5.26 Å². The van der Waals surface area contributed by atoms with Crippen molar-refractivity contribution < 1.29 is 15.0 Å². The van der Waals surface area contributed by atoms with Gasteiger partial charge in [-0.1, -0.05) is 31.4 Å². The first-order chi connectivity index (χ1) is 10.9. The molecule has 1 aromatic carbocycles. The summed E-state index contributed by atoms with van der Waals surface area (Å²) in [5, 5.41) is 31.1. The van der Waals surface area contributed by atoms with Crippen molar-refractivity contribution in [3.05, 3.63) is 28.3 Å². The van der Waals surface area contributed by atoms with Crippen LogP contribution in [0.2, 0.25) is 5.02 Å². The minimum atomic E-state index is -0.435. The third-order valence-corrected chi connectivity index (χ3v) is 4.46. The maximum atomic E-state index is 12.3. The van der Waals surface area contributed by atoms with Crippen LogP contribution < -0.4 is 5.32 Å². The second-order valence-corrected chi connectivity index (χ2v) is 6.29. The summed E-state index contributed by atoms with van der Waals surface area (Å²) in [5.41, 5.74) is 0.303. The molecule has 2 rings (SSSR count). The highest BCUT2D eigenvalue weighted by Gasteiger charge is 2.24. The minimum Gasteiger partial charge on any atom is -0.504 e. The first kappa shape index (κ1) is 17.2. The molecular formula is C17H19ClN2O3. The van der Waals surface area contributed by atoms with Crippen molar-refractivity contribution in [3.63, 3.8) is 0 Å². The Morgan fingerprint density at radius 1 is 1.39 bits per heavy atom. The van der Waals surface area contributed by atoms with Gasteiger partial charge >= 0.3 is 0 Å². The number of aromatic hydroxyl groups is 2. The lowest BCUT2D eigenvalue weighted by molar-refractivity contribution is -0.118. The molecule has 0 aliphatic heterocycles. The van der Waals surface area contributed by atoms with Crippen LogP contribution in [0.3, 0.4) is 0 Å². The summed E-state index contributed by atoms with van der Waals surface area (Å²) in [5.74, 6) is -0.875. The van der Waals surface area contributed by atoms with E-state index in [0.29, 0.717) is 11.5 Å². The zero-order valence-electron chi connectivity index (χ0n) is 12.8. The van der Waals surface area contributed by atoms with Crippen LogP contribution in [0.4, 0.5) is 0 Å². The summed E-state index contributed by atoms with van der Waals surface area (Å²) in [6.45, 7) is 2.09. The van der Waals surface area contributed by atoms with Crippen LogP contribution in [0.15, 0.2) is 17.7 Å². The largest absolute Gasteiger partial charge is 0.504 e. The Morgan fingerprint density at radius 2 is 2.09 bits per heavy atom. The van der Waals surface area contributed by atoms with Crippen LogP contribution in [0.5, 0.6) is 11.5 Å². The molecule has 0 unspecified atom stereocenters. The monoisotopic (exact) mass is 334 g/mol. The van der Waals surface area contributed by atoms with Gasteiger partial charge in [0.25, 0.3) is 5.91 Å². The number of nitrogens with one attached hydrogen (secondary N) is 1. The highest BCUT2D eigenvalue weighted by molar-refractivity contribution is 6.32. The van der Waals surface area contributed by atoms with Crippen LogP contribution in [0.1, 0.15) is 38.2 Å². The number of phenolic OH excluding ortho intramolecular Hbond substituents is 2. The van der Waals surface area contributed by atoms with Crippen molar-refractivity contribution in [3.8, 4) is 17.6 Å². The van der Waals surface area contributed by atoms with Crippen molar-refractivity contribution in [1.82, 2.24) is 5.32 Å². The lowest BCUT2D eigenvalue weighted by Crippen LogP contribution is -2.41. The molecule has 1 saturated carbocycles. The number of nitrogens with zero attached hydrogens (tertiary/aromatic N) is 1. The molecule has 1 amide bonds. The van der Waals surface area contributed by atoms with Gasteiger partial charge in [0.2, 0.25) is 0 Å². The predicted octanol–water partition coefficient (Wildman–Crippen LogP) is 3.35. The third kappa shape index (κ3) is 4.17. The van der Waals surface area contributed by atoms with Crippen LogP contribution in [0, 0.1) is 17.2 Å². The van der Waals surface area contributed by atoms with Gasteiger partial charge in [0.05, 0.1) is 5.02 Å². The minimum absolute atomic E-state index is 0.0464. The fourth-order valence-corrected chi connectivity index (χ4v) is 3.00. The number of carbonyl (C=O) groups is 1. The average molecular weight is 335 g/mol. The van der Waals surface area contributed by atoms with Crippen LogP contribution in [0.25, 0.3) is 6.08 Å². The van der Waals surface area contributed by atoms with Gasteiger partial charge in [0.1, 0.15) is 11.6 Å². The summed E-state index contributed by atoms with van der Waals surface area (Å²) < 4.78 is 0. The number of benzene rings is 1. The van der Waals surface area contributed by atoms with E-state index in [4.69, 9.17) is 11.6 Å². The Bertz CT molecular complexity index is 656. The number of rotatable bonds is 3. The second-order valence-electron chi connectivity index (χ2n) is 5.88. The first-order valence-electron chi connectivity index (χ1n) is 7.56. The Labute approximate surface area is 140 Å². The van der Waals surface area contributed by atoms with Crippen LogP contribution in [-0.2, 0) is 4.79 Å². The lowest BCUT2D eigenvalue weighted by atomic mass is 9.86. The molecule has 1 aliphatic carbocycles. The summed E-state index contributed by atoms with van der Waals surface area (Å²) in [6.07, 6.45) is 5.56. The molecule has 1 aliphatic rings. The van der Waals surface area contributed by atoms with Gasteiger partial charge in [-0.2, -0.15) is 5.26 Å². The zero-order valence-corrected chi connectivity index (χ0v) is 13.6. The third-order valence-electron chi connectivity index (χ3n) is 4.17. The van der Waals surface area contributed by atoms with Gasteiger partial charge in [-0.25, -0.2) is 0 Å². The normalized spacial score (nSPS) is 21.5. The molecule has 122 valence electrons. The highest BCUT2D eigenvalue weighted by Crippen LogP contribution is 2.34. The number of carbonyl (C=O) groups excluding carboxylic acids is 1. The molecule has 0 saturated heterocycles. The van der Waals surface area contributed by atoms with Crippen LogP contribution in [-0.4, -0.2) is 22.2 Å². The van der Waals surface area contributed by atoms with Gasteiger partial charge < -0.3 is 15.5 Å². The molecular weight excluding hydrogens is 316 g/mol. The Balaban J connectivity index is 2.18. The standard InChI is InChI=1S/C17H19ClN2O3/c1-10-4-2-3-5-14(10)20-17(23)12(9-19)6-11-7-13(18)16(22)15(21)8-11/h6-8,10,14,21-22H,2-5H2,1H3,(H,20,23)/b12-6+/t10-,14-/m0/s1. The average Bonchev–Trinajstić information content (AvgIpc) is 2.52. The number of amides is 1. The molecule has 3 N–H and O–H groups in total. The number of halogens is 1. The van der Waals surface area contributed by atoms with E-state index in [2.05, 4.69) is 12.2 Å². The molecule has 1 fully saturated rings. The molecule has 6 heteroatoms. The molecule has 0 heterocycles. The number of hydrogen-bond donors (Lipinski definition) is 3. The molecule has 2 atom stereocenters. The molecule has 23 heavy (non-hydrogen) atoms. The van der Waals surface area contributed by atoms with Gasteiger partial charge in [0.15, 0.2) is 11.5 Å². The highest BCUT2D eigenvalue weighted by atomic mass is 35.5. The Morgan fingerprint density at radius 3 is 2.70 bits per heavy atom. The maximum Gasteiger partial charge on any atom is 0.262 e. The molecule has 1 aromatic rings. The molecule has 0 bridgehead atoms. The predicted molar refractivity (Wildman–Crippen MR) is 87.9 cm³/mol. The molecule has 0 aromatic heterocycles. The summed E-state index contributed by atoms with van der Waals surface area (Å²) >= 11 is 5.78. The van der Waals surface area contributed by atoms with Crippen molar-refractivity contribution in [2.24, 2.45) is 5.92 Å². The second kappa shape index (κ2) is 7.38. The number of nitriles is 1. The van der Waals surface area contributed by atoms with E-state index >= 15 is 0 Å². The summed E-state index contributed by atoms with van der Waals surface area (Å²) in [4.78, 5) is 12.3. The smallest absolute Gasteiger partial charge is 0.262 e. The lowest BCUT2D eigenvalue weighted by Gasteiger charge is -2.29. The van der Waals surface area contributed by atoms with Crippen LogP contribution >= 0.6 is 11.6 Å². The Hall–Kier alpha value is -2.19. The molecule has 0 spiro atoms. The van der Waals surface area contributed by atoms with E-state index in [1.807, 2.05) is 6.07 Å². The summed E-state index contributed by atoms with van der Waals surface area (Å²) in [6, 6.07) is 4.57. The van der Waals surface area contributed by atoms with E-state index in [1.165, 1.54) is 24.6 Å². The molecule has 0 radical (unpaired) electrons. The van der Waals surface area contributed by atoms with Gasteiger partial charge in [-0.05, 0) is 42.5 Å². The zero-order chi connectivity index (χ0) is 17.0. The van der Waals surface area contributed by atoms with E-state index in [9.17, 15) is 20.3 Å². The summed E-state index contributed by atoms with van der Waals surface area (Å²) in [7, 11) is 0. The molecule has 5 nitrogen and oxygen atoms in total. The van der Waals surface area contributed by atoms with Gasteiger partial charge in [-0.3, -0.25) is 4.79 Å². The SMILES string of the molecule is C[C@H]1CCCC[C@@H]1NC(=O)/C(C#N)=C/c1cc(O)c(O)c(Cl)c1. The number of phenols is 2. The van der Waals surface area contributed by atoms with E-state index < -0.39 is 17.4 Å². The maximum absolute atomic E-state index is 12.3. The quantitative estimate of drug-likeness (QED) is 0.449. The first-order valence-corrected chi connectivity index (χ1v) is 7.94. The fraction of sp³-hybridized carbons (Fsp3) is 0.412. The Kier molecular flexibility index (Phi) is 5.51.